The number of hydrogen-bond donors (Lipinski definition) is 1. The molecular formula is C11H8ClNO4S2. The number of thiophene rings is 2. The van der Waals surface area contributed by atoms with Crippen molar-refractivity contribution in [2.75, 3.05) is 12.4 Å². The summed E-state index contributed by atoms with van der Waals surface area (Å²) in [6, 6.07) is 4.90. The van der Waals surface area contributed by atoms with Gasteiger partial charge in [-0.2, -0.15) is 0 Å². The van der Waals surface area contributed by atoms with Crippen molar-refractivity contribution in [3.8, 4) is 5.06 Å². The summed E-state index contributed by atoms with van der Waals surface area (Å²) in [5, 5.41) is 4.60. The van der Waals surface area contributed by atoms with E-state index in [1.54, 1.807) is 23.6 Å². The maximum atomic E-state index is 11.9. The zero-order valence-electron chi connectivity index (χ0n) is 9.64. The van der Waals surface area contributed by atoms with Crippen molar-refractivity contribution in [3.05, 3.63) is 32.8 Å². The first kappa shape index (κ1) is 13.9. The SMILES string of the molecule is COC(=O)Oc1sccc1NC(=O)c1ccc(Cl)s1. The second-order valence-corrected chi connectivity index (χ2v) is 5.83. The lowest BCUT2D eigenvalue weighted by Gasteiger charge is -2.05. The van der Waals surface area contributed by atoms with Crippen LogP contribution in [0.4, 0.5) is 10.5 Å². The minimum atomic E-state index is -0.836. The summed E-state index contributed by atoms with van der Waals surface area (Å²) in [5.74, 6) is -0.315. The van der Waals surface area contributed by atoms with Crippen molar-refractivity contribution < 1.29 is 19.1 Å². The number of rotatable bonds is 3. The fraction of sp³-hybridized carbons (Fsp3) is 0.0909. The van der Waals surface area contributed by atoms with Crippen molar-refractivity contribution in [2.45, 2.75) is 0 Å². The second-order valence-electron chi connectivity index (χ2n) is 3.24. The Balaban J connectivity index is 2.09. The molecule has 0 aliphatic carbocycles. The summed E-state index contributed by atoms with van der Waals surface area (Å²) >= 11 is 8.10. The van der Waals surface area contributed by atoms with Crippen molar-refractivity contribution in [3.63, 3.8) is 0 Å². The molecule has 2 rings (SSSR count). The molecule has 1 N–H and O–H groups in total. The van der Waals surface area contributed by atoms with E-state index in [1.165, 1.54) is 29.8 Å². The number of hydrogen-bond acceptors (Lipinski definition) is 6. The average molecular weight is 318 g/mol. The van der Waals surface area contributed by atoms with Crippen LogP contribution in [0.1, 0.15) is 9.67 Å². The van der Waals surface area contributed by atoms with Crippen molar-refractivity contribution >= 4 is 52.0 Å². The predicted octanol–water partition coefficient (Wildman–Crippen LogP) is 3.86. The Bertz CT molecular complexity index is 607. The lowest BCUT2D eigenvalue weighted by Crippen LogP contribution is -2.12. The Hall–Kier alpha value is -1.57. The molecule has 5 nitrogen and oxygen atoms in total. The minimum absolute atomic E-state index is 0.267. The van der Waals surface area contributed by atoms with Gasteiger partial charge in [-0.25, -0.2) is 4.79 Å². The monoisotopic (exact) mass is 317 g/mol. The summed E-state index contributed by atoms with van der Waals surface area (Å²) in [6.07, 6.45) is -0.836. The summed E-state index contributed by atoms with van der Waals surface area (Å²) in [7, 11) is 1.21. The highest BCUT2D eigenvalue weighted by Crippen LogP contribution is 2.32. The number of methoxy groups -OCH3 is 1. The molecule has 0 aliphatic rings. The summed E-state index contributed by atoms with van der Waals surface area (Å²) in [5.41, 5.74) is 0.407. The molecule has 1 amide bonds. The zero-order chi connectivity index (χ0) is 13.8. The Morgan fingerprint density at radius 1 is 1.32 bits per heavy atom. The number of ether oxygens (including phenoxy) is 2. The molecule has 100 valence electrons. The van der Waals surface area contributed by atoms with Gasteiger partial charge in [0.1, 0.15) is 0 Å². The van der Waals surface area contributed by atoms with Gasteiger partial charge >= 0.3 is 6.16 Å². The summed E-state index contributed by atoms with van der Waals surface area (Å²) in [4.78, 5) is 23.4. The highest BCUT2D eigenvalue weighted by Gasteiger charge is 2.15. The van der Waals surface area contributed by atoms with E-state index in [2.05, 4.69) is 10.1 Å². The van der Waals surface area contributed by atoms with Crippen LogP contribution >= 0.6 is 34.3 Å². The second kappa shape index (κ2) is 6.05. The molecule has 2 aromatic heterocycles. The maximum Gasteiger partial charge on any atom is 0.514 e. The topological polar surface area (TPSA) is 64.6 Å². The van der Waals surface area contributed by atoms with Crippen molar-refractivity contribution in [1.82, 2.24) is 0 Å². The molecule has 8 heteroatoms. The van der Waals surface area contributed by atoms with E-state index in [-0.39, 0.29) is 11.0 Å². The number of amides is 1. The molecule has 0 saturated carbocycles. The van der Waals surface area contributed by atoms with Crippen LogP contribution in [0.5, 0.6) is 5.06 Å². The Morgan fingerprint density at radius 3 is 2.74 bits per heavy atom. The van der Waals surface area contributed by atoms with Gasteiger partial charge in [0.05, 0.1) is 22.0 Å². The van der Waals surface area contributed by atoms with Crippen LogP contribution in [0.3, 0.4) is 0 Å². The normalized spacial score (nSPS) is 10.0. The molecule has 0 atom stereocenters. The molecule has 2 heterocycles. The largest absolute Gasteiger partial charge is 0.514 e. The third-order valence-electron chi connectivity index (χ3n) is 2.02. The smallest absolute Gasteiger partial charge is 0.437 e. The molecule has 0 aromatic carbocycles. The number of carbonyl (C=O) groups is 2. The van der Waals surface area contributed by atoms with Gasteiger partial charge in [-0.1, -0.05) is 11.6 Å². The molecule has 0 saturated heterocycles. The van der Waals surface area contributed by atoms with Gasteiger partial charge in [0, 0.05) is 0 Å². The van der Waals surface area contributed by atoms with Gasteiger partial charge in [-0.3, -0.25) is 4.79 Å². The van der Waals surface area contributed by atoms with Gasteiger partial charge < -0.3 is 14.8 Å². The third-order valence-corrected chi connectivity index (χ3v) is 4.04. The van der Waals surface area contributed by atoms with E-state index >= 15 is 0 Å². The number of carbonyl (C=O) groups excluding carboxylic acids is 2. The molecule has 0 unspecified atom stereocenters. The van der Waals surface area contributed by atoms with Gasteiger partial charge in [0.25, 0.3) is 5.91 Å². The fourth-order valence-electron chi connectivity index (χ4n) is 1.20. The lowest BCUT2D eigenvalue weighted by molar-refractivity contribution is 0.102. The molecular weight excluding hydrogens is 310 g/mol. The Labute approximate surface area is 121 Å². The van der Waals surface area contributed by atoms with Crippen molar-refractivity contribution in [2.24, 2.45) is 0 Å². The number of nitrogens with one attached hydrogen (secondary N) is 1. The van der Waals surface area contributed by atoms with Gasteiger partial charge in [-0.15, -0.1) is 22.7 Å². The fourth-order valence-corrected chi connectivity index (χ4v) is 2.83. The van der Waals surface area contributed by atoms with E-state index < -0.39 is 6.16 Å². The highest BCUT2D eigenvalue weighted by atomic mass is 35.5. The zero-order valence-corrected chi connectivity index (χ0v) is 12.0. The van der Waals surface area contributed by atoms with Crippen molar-refractivity contribution in [1.29, 1.82) is 0 Å². The molecule has 0 radical (unpaired) electrons. The van der Waals surface area contributed by atoms with Gasteiger partial charge in [0.2, 0.25) is 5.06 Å². The quantitative estimate of drug-likeness (QED) is 0.873. The summed E-state index contributed by atoms with van der Waals surface area (Å²) < 4.78 is 9.81. The van der Waals surface area contributed by atoms with Crippen LogP contribution in [0.2, 0.25) is 4.34 Å². The van der Waals surface area contributed by atoms with E-state index in [4.69, 9.17) is 16.3 Å². The van der Waals surface area contributed by atoms with Crippen LogP contribution in [0, 0.1) is 0 Å². The molecule has 19 heavy (non-hydrogen) atoms. The Morgan fingerprint density at radius 2 is 2.11 bits per heavy atom. The van der Waals surface area contributed by atoms with Crippen LogP contribution < -0.4 is 10.1 Å². The van der Waals surface area contributed by atoms with Gasteiger partial charge in [-0.05, 0) is 23.6 Å². The maximum absolute atomic E-state index is 11.9. The van der Waals surface area contributed by atoms with Crippen LogP contribution in [0.25, 0.3) is 0 Å². The highest BCUT2D eigenvalue weighted by molar-refractivity contribution is 7.18. The van der Waals surface area contributed by atoms with Crippen LogP contribution in [-0.4, -0.2) is 19.2 Å². The first-order valence-electron chi connectivity index (χ1n) is 5.00. The molecule has 0 fully saturated rings. The lowest BCUT2D eigenvalue weighted by atomic mass is 10.4. The molecule has 2 aromatic rings. The predicted molar refractivity (Wildman–Crippen MR) is 74.6 cm³/mol. The van der Waals surface area contributed by atoms with Crippen LogP contribution in [0.15, 0.2) is 23.6 Å². The number of halogens is 1. The number of anilines is 1. The van der Waals surface area contributed by atoms with E-state index in [9.17, 15) is 9.59 Å². The molecule has 0 bridgehead atoms. The van der Waals surface area contributed by atoms with E-state index in [1.807, 2.05) is 0 Å². The van der Waals surface area contributed by atoms with E-state index in [0.29, 0.717) is 14.9 Å². The van der Waals surface area contributed by atoms with Crippen LogP contribution in [-0.2, 0) is 4.74 Å². The van der Waals surface area contributed by atoms with E-state index in [0.717, 1.165) is 0 Å². The van der Waals surface area contributed by atoms with Gasteiger partial charge in [0.15, 0.2) is 0 Å². The average Bonchev–Trinajstić information content (AvgIpc) is 2.99. The third kappa shape index (κ3) is 3.46. The minimum Gasteiger partial charge on any atom is -0.437 e. The molecule has 0 aliphatic heterocycles. The first-order chi connectivity index (χ1) is 9.10. The molecule has 0 spiro atoms. The first-order valence-corrected chi connectivity index (χ1v) is 7.07. The summed E-state index contributed by atoms with van der Waals surface area (Å²) in [6.45, 7) is 0. The Kier molecular flexibility index (Phi) is 4.41. The standard InChI is InChI=1S/C11H8ClNO4S2/c1-16-11(15)17-10-6(4-5-18-10)13-9(14)7-2-3-8(12)19-7/h2-5H,1H3,(H,13,14).